The van der Waals surface area contributed by atoms with Crippen LogP contribution in [0.1, 0.15) is 22.8 Å². The van der Waals surface area contributed by atoms with Crippen LogP contribution in [-0.4, -0.2) is 30.1 Å². The first-order chi connectivity index (χ1) is 12.7. The minimum Gasteiger partial charge on any atom is -0.462 e. The van der Waals surface area contributed by atoms with Gasteiger partial charge in [-0.2, -0.15) is 0 Å². The molecular formula is C20H21N3O3. The van der Waals surface area contributed by atoms with Crippen LogP contribution >= 0.6 is 0 Å². The number of fused-ring (bicyclic) bond motifs is 1. The number of nitrogens with one attached hydrogen (secondary N) is 3. The largest absolute Gasteiger partial charge is 0.462 e. The van der Waals surface area contributed by atoms with E-state index in [1.807, 2.05) is 24.4 Å². The van der Waals surface area contributed by atoms with Crippen molar-refractivity contribution in [2.75, 3.05) is 18.5 Å². The number of H-pyrrole nitrogens is 1. The maximum Gasteiger partial charge on any atom is 0.340 e. The van der Waals surface area contributed by atoms with Crippen LogP contribution in [0.3, 0.4) is 0 Å². The average molecular weight is 351 g/mol. The smallest absolute Gasteiger partial charge is 0.340 e. The Morgan fingerprint density at radius 3 is 2.69 bits per heavy atom. The number of amides is 2. The number of carbonyl (C=O) groups is 2. The van der Waals surface area contributed by atoms with Crippen LogP contribution in [0.15, 0.2) is 54.7 Å². The molecule has 0 atom stereocenters. The second-order valence-electron chi connectivity index (χ2n) is 5.76. The van der Waals surface area contributed by atoms with Gasteiger partial charge in [0.15, 0.2) is 0 Å². The number of aromatic amines is 1. The third-order valence-electron chi connectivity index (χ3n) is 4.03. The number of ether oxygens (including phenoxy) is 1. The zero-order valence-corrected chi connectivity index (χ0v) is 14.5. The van der Waals surface area contributed by atoms with Crippen molar-refractivity contribution in [2.45, 2.75) is 13.3 Å². The summed E-state index contributed by atoms with van der Waals surface area (Å²) in [5.74, 6) is -0.456. The number of rotatable bonds is 6. The van der Waals surface area contributed by atoms with Crippen molar-refractivity contribution in [2.24, 2.45) is 0 Å². The van der Waals surface area contributed by atoms with Crippen molar-refractivity contribution in [3.8, 4) is 0 Å². The Kier molecular flexibility index (Phi) is 5.53. The molecule has 3 rings (SSSR count). The van der Waals surface area contributed by atoms with Crippen LogP contribution in [0.4, 0.5) is 10.5 Å². The summed E-state index contributed by atoms with van der Waals surface area (Å²) in [6, 6.07) is 14.5. The maximum atomic E-state index is 12.2. The fourth-order valence-electron chi connectivity index (χ4n) is 2.79. The number of para-hydroxylation sites is 2. The van der Waals surface area contributed by atoms with Gasteiger partial charge in [0, 0.05) is 23.6 Å². The molecule has 3 N–H and O–H groups in total. The number of esters is 1. The molecule has 0 radical (unpaired) electrons. The Bertz CT molecular complexity index is 917. The van der Waals surface area contributed by atoms with E-state index in [2.05, 4.69) is 21.7 Å². The Labute approximate surface area is 151 Å². The van der Waals surface area contributed by atoms with Crippen LogP contribution < -0.4 is 10.6 Å². The molecule has 0 aliphatic heterocycles. The number of aromatic nitrogens is 1. The second kappa shape index (κ2) is 8.20. The van der Waals surface area contributed by atoms with E-state index in [1.165, 1.54) is 0 Å². The van der Waals surface area contributed by atoms with Crippen LogP contribution in [0.2, 0.25) is 0 Å². The predicted octanol–water partition coefficient (Wildman–Crippen LogP) is 3.71. The molecule has 0 aliphatic carbocycles. The topological polar surface area (TPSA) is 83.2 Å². The van der Waals surface area contributed by atoms with Crippen molar-refractivity contribution >= 4 is 28.6 Å². The van der Waals surface area contributed by atoms with E-state index in [-0.39, 0.29) is 12.6 Å². The van der Waals surface area contributed by atoms with Crippen molar-refractivity contribution in [3.63, 3.8) is 0 Å². The zero-order valence-electron chi connectivity index (χ0n) is 14.5. The normalized spacial score (nSPS) is 10.5. The molecule has 1 heterocycles. The predicted molar refractivity (Wildman–Crippen MR) is 101 cm³/mol. The van der Waals surface area contributed by atoms with Crippen LogP contribution in [-0.2, 0) is 11.2 Å². The lowest BCUT2D eigenvalue weighted by atomic mass is 10.1. The molecule has 0 spiro atoms. The number of hydrogen-bond donors (Lipinski definition) is 3. The summed E-state index contributed by atoms with van der Waals surface area (Å²) in [5.41, 5.74) is 2.99. The number of hydrogen-bond acceptors (Lipinski definition) is 3. The summed E-state index contributed by atoms with van der Waals surface area (Å²) >= 11 is 0. The molecule has 0 aliphatic rings. The highest BCUT2D eigenvalue weighted by Gasteiger charge is 2.13. The molecule has 2 amide bonds. The third kappa shape index (κ3) is 4.03. The van der Waals surface area contributed by atoms with Gasteiger partial charge in [0.2, 0.25) is 0 Å². The van der Waals surface area contributed by atoms with Crippen molar-refractivity contribution < 1.29 is 14.3 Å². The molecular weight excluding hydrogens is 330 g/mol. The lowest BCUT2D eigenvalue weighted by molar-refractivity contribution is 0.0527. The SMILES string of the molecule is CCOC(=O)c1ccccc1NC(=O)NCCc1c[nH]c2ccccc12. The molecule has 0 saturated heterocycles. The minimum atomic E-state index is -0.456. The summed E-state index contributed by atoms with van der Waals surface area (Å²) in [5, 5.41) is 6.68. The first-order valence-electron chi connectivity index (χ1n) is 8.55. The highest BCUT2D eigenvalue weighted by atomic mass is 16.5. The molecule has 6 nitrogen and oxygen atoms in total. The van der Waals surface area contributed by atoms with E-state index in [9.17, 15) is 9.59 Å². The number of urea groups is 1. The van der Waals surface area contributed by atoms with E-state index in [0.717, 1.165) is 16.5 Å². The monoisotopic (exact) mass is 351 g/mol. The van der Waals surface area contributed by atoms with E-state index in [0.29, 0.717) is 24.2 Å². The molecule has 0 saturated carbocycles. The Morgan fingerprint density at radius 2 is 1.85 bits per heavy atom. The summed E-state index contributed by atoms with van der Waals surface area (Å²) in [7, 11) is 0. The summed E-state index contributed by atoms with van der Waals surface area (Å²) in [6.45, 7) is 2.50. The van der Waals surface area contributed by atoms with E-state index in [1.54, 1.807) is 31.2 Å². The Hall–Kier alpha value is -3.28. The van der Waals surface area contributed by atoms with Crippen LogP contribution in [0.5, 0.6) is 0 Å². The van der Waals surface area contributed by atoms with Crippen molar-refractivity contribution in [1.82, 2.24) is 10.3 Å². The van der Waals surface area contributed by atoms with Gasteiger partial charge in [-0.3, -0.25) is 0 Å². The molecule has 3 aromatic rings. The molecule has 6 heteroatoms. The molecule has 2 aromatic carbocycles. The van der Waals surface area contributed by atoms with Gasteiger partial charge in [-0.25, -0.2) is 9.59 Å². The highest BCUT2D eigenvalue weighted by molar-refractivity contribution is 6.00. The zero-order chi connectivity index (χ0) is 18.4. The van der Waals surface area contributed by atoms with Gasteiger partial charge in [0.05, 0.1) is 17.9 Å². The van der Waals surface area contributed by atoms with Crippen LogP contribution in [0, 0.1) is 0 Å². The standard InChI is InChI=1S/C20H21N3O3/c1-2-26-19(24)16-8-4-6-10-18(16)23-20(25)21-12-11-14-13-22-17-9-5-3-7-15(14)17/h3-10,13,22H,2,11-12H2,1H3,(H2,21,23,25). The van der Waals surface area contributed by atoms with Gasteiger partial charge in [-0.1, -0.05) is 30.3 Å². The lowest BCUT2D eigenvalue weighted by Crippen LogP contribution is -2.31. The minimum absolute atomic E-state index is 0.282. The molecule has 0 fully saturated rings. The number of carbonyl (C=O) groups excluding carboxylic acids is 2. The highest BCUT2D eigenvalue weighted by Crippen LogP contribution is 2.18. The van der Waals surface area contributed by atoms with E-state index >= 15 is 0 Å². The van der Waals surface area contributed by atoms with Crippen molar-refractivity contribution in [1.29, 1.82) is 0 Å². The summed E-state index contributed by atoms with van der Waals surface area (Å²) < 4.78 is 5.01. The van der Waals surface area contributed by atoms with Crippen LogP contribution in [0.25, 0.3) is 10.9 Å². The average Bonchev–Trinajstić information content (AvgIpc) is 3.06. The number of benzene rings is 2. The van der Waals surface area contributed by atoms with Gasteiger partial charge >= 0.3 is 12.0 Å². The quantitative estimate of drug-likeness (QED) is 0.592. The molecule has 134 valence electrons. The fourth-order valence-corrected chi connectivity index (χ4v) is 2.79. The third-order valence-corrected chi connectivity index (χ3v) is 4.03. The first-order valence-corrected chi connectivity index (χ1v) is 8.55. The fraction of sp³-hybridized carbons (Fsp3) is 0.200. The van der Waals surface area contributed by atoms with E-state index < -0.39 is 5.97 Å². The van der Waals surface area contributed by atoms with E-state index in [4.69, 9.17) is 4.74 Å². The lowest BCUT2D eigenvalue weighted by Gasteiger charge is -2.11. The first kappa shape index (κ1) is 17.5. The summed E-state index contributed by atoms with van der Waals surface area (Å²) in [4.78, 5) is 27.3. The molecule has 1 aromatic heterocycles. The van der Waals surface area contributed by atoms with Gasteiger partial charge in [-0.15, -0.1) is 0 Å². The van der Waals surface area contributed by atoms with Gasteiger partial charge in [-0.05, 0) is 37.1 Å². The maximum absolute atomic E-state index is 12.2. The summed E-state index contributed by atoms with van der Waals surface area (Å²) in [6.07, 6.45) is 2.66. The molecule has 0 bridgehead atoms. The second-order valence-corrected chi connectivity index (χ2v) is 5.76. The van der Waals surface area contributed by atoms with Gasteiger partial charge < -0.3 is 20.4 Å². The Balaban J connectivity index is 1.57. The molecule has 26 heavy (non-hydrogen) atoms. The number of anilines is 1. The molecule has 0 unspecified atom stereocenters. The van der Waals surface area contributed by atoms with Crippen molar-refractivity contribution in [3.05, 3.63) is 65.9 Å². The van der Waals surface area contributed by atoms with Gasteiger partial charge in [0.1, 0.15) is 0 Å². The Morgan fingerprint density at radius 1 is 1.08 bits per heavy atom. The van der Waals surface area contributed by atoms with Gasteiger partial charge in [0.25, 0.3) is 0 Å².